The number of rotatable bonds is 5. The quantitative estimate of drug-likeness (QED) is 0.847. The predicted molar refractivity (Wildman–Crippen MR) is 73.4 cm³/mol. The molecule has 0 amide bonds. The van der Waals surface area contributed by atoms with Crippen molar-refractivity contribution in [1.29, 1.82) is 5.26 Å². The van der Waals surface area contributed by atoms with Gasteiger partial charge in [0.2, 0.25) is 10.0 Å². The zero-order valence-electron chi connectivity index (χ0n) is 10.4. The van der Waals surface area contributed by atoms with Gasteiger partial charge in [-0.25, -0.2) is 8.42 Å². The number of hydrogen-bond donors (Lipinski definition) is 1. The van der Waals surface area contributed by atoms with Crippen LogP contribution in [0.15, 0.2) is 29.2 Å². The van der Waals surface area contributed by atoms with Crippen molar-refractivity contribution in [3.63, 3.8) is 0 Å². The van der Waals surface area contributed by atoms with Crippen molar-refractivity contribution in [2.75, 3.05) is 5.88 Å². The number of benzene rings is 1. The molecule has 0 radical (unpaired) electrons. The van der Waals surface area contributed by atoms with Gasteiger partial charge in [0.25, 0.3) is 0 Å². The van der Waals surface area contributed by atoms with Crippen molar-refractivity contribution in [2.24, 2.45) is 0 Å². The molecular formula is C13H15ClN2O2S. The maximum Gasteiger partial charge on any atom is 0.241 e. The number of nitrogens with one attached hydrogen (secondary N) is 1. The molecule has 0 aliphatic heterocycles. The van der Waals surface area contributed by atoms with Crippen LogP contribution in [0.3, 0.4) is 0 Å². The van der Waals surface area contributed by atoms with Gasteiger partial charge in [-0.15, -0.1) is 11.6 Å². The molecule has 1 aliphatic carbocycles. The van der Waals surface area contributed by atoms with Crippen LogP contribution in [0.4, 0.5) is 0 Å². The van der Waals surface area contributed by atoms with Crippen LogP contribution < -0.4 is 4.72 Å². The van der Waals surface area contributed by atoms with E-state index >= 15 is 0 Å². The minimum atomic E-state index is -3.63. The summed E-state index contributed by atoms with van der Waals surface area (Å²) in [6.07, 6.45) is 2.74. The molecule has 1 fully saturated rings. The molecule has 0 heterocycles. The van der Waals surface area contributed by atoms with Gasteiger partial charge in [0.1, 0.15) is 5.54 Å². The Kier molecular flexibility index (Phi) is 4.14. The first-order chi connectivity index (χ1) is 9.01. The number of halogens is 1. The number of aryl methyl sites for hydroxylation is 1. The summed E-state index contributed by atoms with van der Waals surface area (Å²) in [5, 5.41) is 9.07. The molecule has 19 heavy (non-hydrogen) atoms. The summed E-state index contributed by atoms with van der Waals surface area (Å²) < 4.78 is 26.9. The van der Waals surface area contributed by atoms with Gasteiger partial charge < -0.3 is 0 Å². The van der Waals surface area contributed by atoms with Gasteiger partial charge in [-0.2, -0.15) is 9.98 Å². The fraction of sp³-hybridized carbons (Fsp3) is 0.462. The number of alkyl halides is 1. The van der Waals surface area contributed by atoms with Crippen molar-refractivity contribution in [1.82, 2.24) is 4.72 Å². The SMILES string of the molecule is N#CC1(NS(=O)(=O)c2ccc(CCCl)cc2)CCC1. The van der Waals surface area contributed by atoms with Crippen LogP contribution >= 0.6 is 11.6 Å². The molecule has 0 unspecified atom stereocenters. The Bertz CT molecular complexity index is 586. The maximum absolute atomic E-state index is 12.2. The Morgan fingerprint density at radius 3 is 2.37 bits per heavy atom. The molecule has 1 N–H and O–H groups in total. The Morgan fingerprint density at radius 2 is 1.95 bits per heavy atom. The molecule has 1 aromatic rings. The van der Waals surface area contributed by atoms with E-state index in [0.29, 0.717) is 25.1 Å². The lowest BCUT2D eigenvalue weighted by molar-refractivity contribution is 0.296. The first kappa shape index (κ1) is 14.3. The number of nitrogens with zero attached hydrogens (tertiary/aromatic N) is 1. The predicted octanol–water partition coefficient (Wildman–Crippen LogP) is 2.19. The molecule has 102 valence electrons. The van der Waals surface area contributed by atoms with Gasteiger partial charge >= 0.3 is 0 Å². The van der Waals surface area contributed by atoms with Crippen LogP contribution in [0.2, 0.25) is 0 Å². The zero-order valence-corrected chi connectivity index (χ0v) is 12.0. The van der Waals surface area contributed by atoms with Crippen molar-refractivity contribution in [3.05, 3.63) is 29.8 Å². The lowest BCUT2D eigenvalue weighted by Gasteiger charge is -2.35. The van der Waals surface area contributed by atoms with Crippen molar-refractivity contribution >= 4 is 21.6 Å². The number of hydrogen-bond acceptors (Lipinski definition) is 3. The van der Waals surface area contributed by atoms with Gasteiger partial charge in [-0.3, -0.25) is 0 Å². The highest BCUT2D eigenvalue weighted by Gasteiger charge is 2.41. The third-order valence-corrected chi connectivity index (χ3v) is 5.11. The molecule has 6 heteroatoms. The topological polar surface area (TPSA) is 70.0 Å². The van der Waals surface area contributed by atoms with Gasteiger partial charge in [-0.1, -0.05) is 12.1 Å². The van der Waals surface area contributed by atoms with Gasteiger partial charge in [0.05, 0.1) is 11.0 Å². The highest BCUT2D eigenvalue weighted by molar-refractivity contribution is 7.89. The molecule has 4 nitrogen and oxygen atoms in total. The minimum Gasteiger partial charge on any atom is -0.207 e. The van der Waals surface area contributed by atoms with E-state index in [2.05, 4.69) is 10.8 Å². The van der Waals surface area contributed by atoms with Crippen LogP contribution in [-0.4, -0.2) is 19.8 Å². The van der Waals surface area contributed by atoms with Crippen LogP contribution in [-0.2, 0) is 16.4 Å². The van der Waals surface area contributed by atoms with E-state index in [4.69, 9.17) is 16.9 Å². The third kappa shape index (κ3) is 3.08. The summed E-state index contributed by atoms with van der Waals surface area (Å²) in [6, 6.07) is 8.66. The Hall–Kier alpha value is -1.09. The Balaban J connectivity index is 2.18. The van der Waals surface area contributed by atoms with E-state index < -0.39 is 15.6 Å². The van der Waals surface area contributed by atoms with Crippen LogP contribution in [0.5, 0.6) is 0 Å². The monoisotopic (exact) mass is 298 g/mol. The molecular weight excluding hydrogens is 284 g/mol. The summed E-state index contributed by atoms with van der Waals surface area (Å²) >= 11 is 5.63. The van der Waals surface area contributed by atoms with Gasteiger partial charge in [0.15, 0.2) is 0 Å². The molecule has 0 bridgehead atoms. The number of sulfonamides is 1. The van der Waals surface area contributed by atoms with Crippen LogP contribution in [0.1, 0.15) is 24.8 Å². The van der Waals surface area contributed by atoms with Crippen molar-refractivity contribution < 1.29 is 8.42 Å². The summed E-state index contributed by atoms with van der Waals surface area (Å²) in [5.41, 5.74) is 0.0841. The second-order valence-electron chi connectivity index (χ2n) is 4.74. The highest BCUT2D eigenvalue weighted by Crippen LogP contribution is 2.32. The second kappa shape index (κ2) is 5.49. The first-order valence-corrected chi connectivity index (χ1v) is 8.13. The Labute approximate surface area is 118 Å². The van der Waals surface area contributed by atoms with E-state index in [9.17, 15) is 8.42 Å². The fourth-order valence-corrected chi connectivity index (χ4v) is 3.62. The van der Waals surface area contributed by atoms with Gasteiger partial charge in [0, 0.05) is 5.88 Å². The fourth-order valence-electron chi connectivity index (χ4n) is 2.03. The molecule has 1 aliphatic rings. The number of nitriles is 1. The van der Waals surface area contributed by atoms with E-state index in [1.165, 1.54) is 0 Å². The second-order valence-corrected chi connectivity index (χ2v) is 6.80. The van der Waals surface area contributed by atoms with Crippen molar-refractivity contribution in [3.8, 4) is 6.07 Å². The van der Waals surface area contributed by atoms with Gasteiger partial charge in [-0.05, 0) is 43.4 Å². The minimum absolute atomic E-state index is 0.187. The maximum atomic E-state index is 12.2. The Morgan fingerprint density at radius 1 is 1.32 bits per heavy atom. The molecule has 1 aromatic carbocycles. The standard InChI is InChI=1S/C13H15ClN2O2S/c14-9-6-11-2-4-12(5-3-11)19(17,18)16-13(10-15)7-1-8-13/h2-5,16H,1,6-9H2. The van der Waals surface area contributed by atoms with E-state index in [-0.39, 0.29) is 4.90 Å². The average molecular weight is 299 g/mol. The molecule has 2 rings (SSSR count). The third-order valence-electron chi connectivity index (χ3n) is 3.37. The van der Waals surface area contributed by atoms with E-state index in [1.807, 2.05) is 0 Å². The van der Waals surface area contributed by atoms with Crippen LogP contribution in [0, 0.1) is 11.3 Å². The average Bonchev–Trinajstić information content (AvgIpc) is 2.35. The zero-order chi connectivity index (χ0) is 13.9. The summed E-state index contributed by atoms with van der Waals surface area (Å²) in [7, 11) is -3.63. The molecule has 0 aromatic heterocycles. The molecule has 0 spiro atoms. The lowest BCUT2D eigenvalue weighted by Crippen LogP contribution is -2.52. The van der Waals surface area contributed by atoms with Crippen molar-refractivity contribution in [2.45, 2.75) is 36.1 Å². The normalized spacial score (nSPS) is 17.5. The highest BCUT2D eigenvalue weighted by atomic mass is 35.5. The smallest absolute Gasteiger partial charge is 0.207 e. The van der Waals surface area contributed by atoms with Crippen LogP contribution in [0.25, 0.3) is 0 Å². The molecule has 0 saturated heterocycles. The first-order valence-electron chi connectivity index (χ1n) is 6.11. The molecule has 0 atom stereocenters. The summed E-state index contributed by atoms with van der Waals surface area (Å²) in [4.78, 5) is 0.187. The van der Waals surface area contributed by atoms with E-state index in [1.54, 1.807) is 24.3 Å². The largest absolute Gasteiger partial charge is 0.241 e. The summed E-state index contributed by atoms with van der Waals surface area (Å²) in [5.74, 6) is 0.502. The van der Waals surface area contributed by atoms with E-state index in [0.717, 1.165) is 12.0 Å². The molecule has 1 saturated carbocycles. The lowest BCUT2D eigenvalue weighted by atomic mass is 9.79. The summed E-state index contributed by atoms with van der Waals surface area (Å²) in [6.45, 7) is 0.